The van der Waals surface area contributed by atoms with Gasteiger partial charge in [0.25, 0.3) is 0 Å². The van der Waals surface area contributed by atoms with Gasteiger partial charge in [0.15, 0.2) is 0 Å². The number of carbonyl (C=O) groups is 1. The van der Waals surface area contributed by atoms with Gasteiger partial charge in [-0.3, -0.25) is 0 Å². The van der Waals surface area contributed by atoms with E-state index in [0.29, 0.717) is 0 Å². The van der Waals surface area contributed by atoms with Gasteiger partial charge in [-0.05, 0) is 12.6 Å². The van der Waals surface area contributed by atoms with Crippen molar-refractivity contribution < 1.29 is 9.53 Å². The lowest BCUT2D eigenvalue weighted by Gasteiger charge is -2.39. The highest BCUT2D eigenvalue weighted by Crippen LogP contribution is 2.24. The highest BCUT2D eigenvalue weighted by atomic mass is 16.5. The molecule has 1 heterocycles. The molecule has 19 heavy (non-hydrogen) atoms. The van der Waals surface area contributed by atoms with Crippen molar-refractivity contribution in [3.8, 4) is 0 Å². The van der Waals surface area contributed by atoms with E-state index in [2.05, 4.69) is 33.7 Å². The number of hydrogen-bond donors (Lipinski definition) is 0. The van der Waals surface area contributed by atoms with E-state index >= 15 is 0 Å². The molecule has 0 radical (unpaired) electrons. The van der Waals surface area contributed by atoms with Crippen LogP contribution in [0.2, 0.25) is 0 Å². The second kappa shape index (κ2) is 6.38. The summed E-state index contributed by atoms with van der Waals surface area (Å²) in [5, 5.41) is 0. The van der Waals surface area contributed by atoms with E-state index in [1.807, 2.05) is 24.4 Å². The van der Waals surface area contributed by atoms with Crippen molar-refractivity contribution in [2.45, 2.75) is 6.04 Å². The van der Waals surface area contributed by atoms with E-state index in [1.54, 1.807) is 0 Å². The lowest BCUT2D eigenvalue weighted by Crippen LogP contribution is -2.44. The SMILES string of the molecule is COC(=O)C=CN1CCN(C)CC1c1ccccc1. The van der Waals surface area contributed by atoms with E-state index < -0.39 is 0 Å². The molecule has 0 N–H and O–H groups in total. The Balaban J connectivity index is 2.15. The molecule has 1 unspecified atom stereocenters. The van der Waals surface area contributed by atoms with Crippen molar-refractivity contribution in [3.05, 3.63) is 48.2 Å². The summed E-state index contributed by atoms with van der Waals surface area (Å²) in [4.78, 5) is 15.7. The third-order valence-electron chi connectivity index (χ3n) is 3.41. The fourth-order valence-electron chi connectivity index (χ4n) is 2.31. The molecule has 4 heteroatoms. The third kappa shape index (κ3) is 3.58. The fraction of sp³-hybridized carbons (Fsp3) is 0.400. The highest BCUT2D eigenvalue weighted by Gasteiger charge is 2.24. The van der Waals surface area contributed by atoms with Crippen LogP contribution in [0.4, 0.5) is 0 Å². The number of piperazine rings is 1. The van der Waals surface area contributed by atoms with Crippen molar-refractivity contribution >= 4 is 5.97 Å². The van der Waals surface area contributed by atoms with Gasteiger partial charge in [0.1, 0.15) is 0 Å². The summed E-state index contributed by atoms with van der Waals surface area (Å²) >= 11 is 0. The van der Waals surface area contributed by atoms with Crippen LogP contribution in [0.3, 0.4) is 0 Å². The Labute approximate surface area is 114 Å². The van der Waals surface area contributed by atoms with E-state index in [1.165, 1.54) is 18.7 Å². The molecule has 0 amide bonds. The summed E-state index contributed by atoms with van der Waals surface area (Å²) in [6.45, 7) is 2.86. The molecule has 1 aliphatic heterocycles. The number of nitrogens with zero attached hydrogens (tertiary/aromatic N) is 2. The van der Waals surface area contributed by atoms with Crippen LogP contribution in [0.15, 0.2) is 42.6 Å². The fourth-order valence-corrected chi connectivity index (χ4v) is 2.31. The smallest absolute Gasteiger partial charge is 0.331 e. The molecule has 1 atom stereocenters. The lowest BCUT2D eigenvalue weighted by atomic mass is 10.0. The molecule has 0 saturated carbocycles. The highest BCUT2D eigenvalue weighted by molar-refractivity contribution is 5.81. The van der Waals surface area contributed by atoms with Crippen molar-refractivity contribution in [1.29, 1.82) is 0 Å². The molecule has 0 aromatic heterocycles. The van der Waals surface area contributed by atoms with Crippen molar-refractivity contribution in [1.82, 2.24) is 9.80 Å². The lowest BCUT2D eigenvalue weighted by molar-refractivity contribution is -0.134. The average molecular weight is 260 g/mol. The number of esters is 1. The number of hydrogen-bond acceptors (Lipinski definition) is 4. The van der Waals surface area contributed by atoms with Gasteiger partial charge in [-0.1, -0.05) is 30.3 Å². The van der Waals surface area contributed by atoms with Crippen LogP contribution in [0.25, 0.3) is 0 Å². The Morgan fingerprint density at radius 1 is 1.32 bits per heavy atom. The van der Waals surface area contributed by atoms with E-state index in [-0.39, 0.29) is 12.0 Å². The molecule has 0 aliphatic carbocycles. The van der Waals surface area contributed by atoms with Crippen LogP contribution >= 0.6 is 0 Å². The van der Waals surface area contributed by atoms with Gasteiger partial charge in [0, 0.05) is 31.9 Å². The largest absolute Gasteiger partial charge is 0.466 e. The summed E-state index contributed by atoms with van der Waals surface area (Å²) in [6.07, 6.45) is 3.33. The number of likely N-dealkylation sites (N-methyl/N-ethyl adjacent to an activating group) is 1. The minimum absolute atomic E-state index is 0.279. The van der Waals surface area contributed by atoms with Gasteiger partial charge in [-0.2, -0.15) is 0 Å². The third-order valence-corrected chi connectivity index (χ3v) is 3.41. The topological polar surface area (TPSA) is 32.8 Å². The molecule has 102 valence electrons. The number of benzene rings is 1. The first-order chi connectivity index (χ1) is 9.20. The van der Waals surface area contributed by atoms with Gasteiger partial charge >= 0.3 is 5.97 Å². The van der Waals surface area contributed by atoms with Crippen LogP contribution < -0.4 is 0 Å². The van der Waals surface area contributed by atoms with Crippen LogP contribution in [0.5, 0.6) is 0 Å². The van der Waals surface area contributed by atoms with Gasteiger partial charge in [0.2, 0.25) is 0 Å². The zero-order chi connectivity index (χ0) is 13.7. The molecule has 2 rings (SSSR count). The second-order valence-electron chi connectivity index (χ2n) is 4.77. The molecule has 1 aromatic rings. The van der Waals surface area contributed by atoms with Gasteiger partial charge in [-0.15, -0.1) is 0 Å². The Kier molecular flexibility index (Phi) is 4.58. The molecule has 1 saturated heterocycles. The van der Waals surface area contributed by atoms with E-state index in [4.69, 9.17) is 0 Å². The summed E-state index contributed by atoms with van der Waals surface area (Å²) in [7, 11) is 3.52. The monoisotopic (exact) mass is 260 g/mol. The summed E-state index contributed by atoms with van der Waals surface area (Å²) in [6, 6.07) is 10.6. The first kappa shape index (κ1) is 13.6. The summed E-state index contributed by atoms with van der Waals surface area (Å²) in [5.41, 5.74) is 1.27. The van der Waals surface area contributed by atoms with Gasteiger partial charge < -0.3 is 14.5 Å². The maximum Gasteiger partial charge on any atom is 0.331 e. The predicted molar refractivity (Wildman–Crippen MR) is 74.5 cm³/mol. The first-order valence-electron chi connectivity index (χ1n) is 6.46. The minimum Gasteiger partial charge on any atom is -0.466 e. The molecule has 1 aromatic carbocycles. The Morgan fingerprint density at radius 3 is 2.74 bits per heavy atom. The van der Waals surface area contributed by atoms with Crippen molar-refractivity contribution in [2.75, 3.05) is 33.8 Å². The number of carbonyl (C=O) groups excluding carboxylic acids is 1. The molecular formula is C15H20N2O2. The zero-order valence-corrected chi connectivity index (χ0v) is 11.5. The van der Waals surface area contributed by atoms with E-state index in [0.717, 1.165) is 19.6 Å². The van der Waals surface area contributed by atoms with Crippen LogP contribution in [-0.4, -0.2) is 49.6 Å². The molecule has 1 aliphatic rings. The summed E-state index contributed by atoms with van der Waals surface area (Å²) < 4.78 is 4.64. The number of methoxy groups -OCH3 is 1. The van der Waals surface area contributed by atoms with Crippen molar-refractivity contribution in [2.24, 2.45) is 0 Å². The van der Waals surface area contributed by atoms with Crippen LogP contribution in [0, 0.1) is 0 Å². The number of ether oxygens (including phenoxy) is 1. The van der Waals surface area contributed by atoms with Gasteiger partial charge in [-0.25, -0.2) is 4.79 Å². The predicted octanol–water partition coefficient (Wildman–Crippen LogP) is 1.66. The second-order valence-corrected chi connectivity index (χ2v) is 4.77. The molecular weight excluding hydrogens is 240 g/mol. The normalized spacial score (nSPS) is 20.7. The van der Waals surface area contributed by atoms with Crippen LogP contribution in [0.1, 0.15) is 11.6 Å². The Hall–Kier alpha value is -1.81. The first-order valence-corrected chi connectivity index (χ1v) is 6.46. The standard InChI is InChI=1S/C15H20N2O2/c1-16-10-11-17(9-8-15(18)19-2)14(12-16)13-6-4-3-5-7-13/h3-9,14H,10-12H2,1-2H3. The average Bonchev–Trinajstić information content (AvgIpc) is 2.46. The quantitative estimate of drug-likeness (QED) is 0.611. The van der Waals surface area contributed by atoms with E-state index in [9.17, 15) is 4.79 Å². The Morgan fingerprint density at radius 2 is 2.05 bits per heavy atom. The Bertz CT molecular complexity index is 445. The maximum absolute atomic E-state index is 11.2. The van der Waals surface area contributed by atoms with Crippen LogP contribution in [-0.2, 0) is 9.53 Å². The van der Waals surface area contributed by atoms with Gasteiger partial charge in [0.05, 0.1) is 13.2 Å². The summed E-state index contributed by atoms with van der Waals surface area (Å²) in [5.74, 6) is -0.314. The molecule has 0 spiro atoms. The van der Waals surface area contributed by atoms with Crippen molar-refractivity contribution in [3.63, 3.8) is 0 Å². The number of rotatable bonds is 3. The molecule has 1 fully saturated rings. The minimum atomic E-state index is -0.314. The zero-order valence-electron chi connectivity index (χ0n) is 11.5. The molecule has 0 bridgehead atoms. The maximum atomic E-state index is 11.2. The molecule has 4 nitrogen and oxygen atoms in total.